The number of furan rings is 1. The van der Waals surface area contributed by atoms with Crippen LogP contribution in [0.2, 0.25) is 0 Å². The summed E-state index contributed by atoms with van der Waals surface area (Å²) in [5, 5.41) is 9.50. The number of anilines is 1. The Morgan fingerprint density at radius 1 is 1.06 bits per heavy atom. The lowest BCUT2D eigenvalue weighted by Gasteiger charge is -2.08. The fourth-order valence-corrected chi connectivity index (χ4v) is 3.19. The first kappa shape index (κ1) is 23.6. The lowest BCUT2D eigenvalue weighted by molar-refractivity contribution is -0.137. The first-order valence-electron chi connectivity index (χ1n) is 10.3. The van der Waals surface area contributed by atoms with Crippen LogP contribution in [0.5, 0.6) is 5.75 Å². The van der Waals surface area contributed by atoms with Crippen molar-refractivity contribution in [3.05, 3.63) is 95.7 Å². The molecule has 0 spiro atoms. The molecule has 180 valence electrons. The van der Waals surface area contributed by atoms with Crippen molar-refractivity contribution in [1.82, 2.24) is 15.1 Å². The third-order valence-corrected chi connectivity index (χ3v) is 4.96. The van der Waals surface area contributed by atoms with E-state index in [0.717, 1.165) is 22.4 Å². The number of nitrogens with one attached hydrogen (secondary N) is 2. The van der Waals surface area contributed by atoms with Crippen LogP contribution in [0.15, 0.2) is 77.5 Å². The van der Waals surface area contributed by atoms with E-state index in [-0.39, 0.29) is 35.3 Å². The second kappa shape index (κ2) is 9.75. The molecular weight excluding hydrogens is 465 g/mol. The summed E-state index contributed by atoms with van der Waals surface area (Å²) in [7, 11) is 1.33. The number of hydrogen-bond donors (Lipinski definition) is 2. The number of alkyl halides is 3. The van der Waals surface area contributed by atoms with Crippen LogP contribution in [0, 0.1) is 0 Å². The Bertz CT molecular complexity index is 1330. The van der Waals surface area contributed by atoms with E-state index in [2.05, 4.69) is 15.7 Å². The van der Waals surface area contributed by atoms with Crippen molar-refractivity contribution in [3.63, 3.8) is 0 Å². The largest absolute Gasteiger partial charge is 0.493 e. The Morgan fingerprint density at radius 3 is 2.49 bits per heavy atom. The van der Waals surface area contributed by atoms with Gasteiger partial charge < -0.3 is 19.8 Å². The van der Waals surface area contributed by atoms with Crippen LogP contribution in [0.25, 0.3) is 5.69 Å². The zero-order chi connectivity index (χ0) is 25.0. The van der Waals surface area contributed by atoms with Crippen molar-refractivity contribution in [2.45, 2.75) is 12.7 Å². The van der Waals surface area contributed by atoms with Crippen molar-refractivity contribution >= 4 is 17.5 Å². The average Bonchev–Trinajstić information content (AvgIpc) is 3.53. The number of nitrogens with zero attached hydrogens (tertiary/aromatic N) is 2. The predicted molar refractivity (Wildman–Crippen MR) is 119 cm³/mol. The Morgan fingerprint density at radius 2 is 1.83 bits per heavy atom. The maximum Gasteiger partial charge on any atom is 0.416 e. The van der Waals surface area contributed by atoms with E-state index in [0.29, 0.717) is 5.69 Å². The zero-order valence-corrected chi connectivity index (χ0v) is 18.3. The van der Waals surface area contributed by atoms with Gasteiger partial charge in [0.2, 0.25) is 0 Å². The molecule has 0 saturated carbocycles. The maximum absolute atomic E-state index is 13.0. The van der Waals surface area contributed by atoms with Crippen LogP contribution in [-0.4, -0.2) is 28.7 Å². The highest BCUT2D eigenvalue weighted by Crippen LogP contribution is 2.30. The number of amides is 2. The van der Waals surface area contributed by atoms with Gasteiger partial charge in [0, 0.05) is 12.2 Å². The van der Waals surface area contributed by atoms with Gasteiger partial charge in [0.1, 0.15) is 0 Å². The number of rotatable bonds is 7. The molecule has 0 saturated heterocycles. The van der Waals surface area contributed by atoms with Crippen molar-refractivity contribution in [2.24, 2.45) is 0 Å². The third-order valence-electron chi connectivity index (χ3n) is 4.96. The van der Waals surface area contributed by atoms with E-state index in [9.17, 15) is 22.8 Å². The average molecular weight is 484 g/mol. The number of methoxy groups -OCH3 is 1. The molecule has 2 amide bonds. The van der Waals surface area contributed by atoms with Crippen LogP contribution in [0.4, 0.5) is 18.9 Å². The predicted octanol–water partition coefficient (Wildman–Crippen LogP) is 4.68. The van der Waals surface area contributed by atoms with Gasteiger partial charge in [0.15, 0.2) is 17.2 Å². The van der Waals surface area contributed by atoms with Crippen molar-refractivity contribution in [3.8, 4) is 11.4 Å². The zero-order valence-electron chi connectivity index (χ0n) is 18.3. The highest BCUT2D eigenvalue weighted by Gasteiger charge is 2.30. The number of carbonyl (C=O) groups is 2. The molecule has 0 fully saturated rings. The van der Waals surface area contributed by atoms with E-state index in [1.807, 2.05) is 0 Å². The quantitative estimate of drug-likeness (QED) is 0.397. The molecule has 0 bridgehead atoms. The third kappa shape index (κ3) is 5.52. The molecule has 2 N–H and O–H groups in total. The van der Waals surface area contributed by atoms with Gasteiger partial charge in [0.25, 0.3) is 11.8 Å². The molecule has 2 heterocycles. The van der Waals surface area contributed by atoms with Crippen LogP contribution in [-0.2, 0) is 12.7 Å². The summed E-state index contributed by atoms with van der Waals surface area (Å²) in [4.78, 5) is 24.7. The molecule has 0 atom stereocenters. The van der Waals surface area contributed by atoms with Gasteiger partial charge in [-0.15, -0.1) is 0 Å². The minimum Gasteiger partial charge on any atom is -0.493 e. The monoisotopic (exact) mass is 484 g/mol. The number of carbonyl (C=O) groups excluding carboxylic acids is 2. The highest BCUT2D eigenvalue weighted by atomic mass is 19.4. The molecule has 8 nitrogen and oxygen atoms in total. The second-order valence-corrected chi connectivity index (χ2v) is 7.35. The van der Waals surface area contributed by atoms with Crippen molar-refractivity contribution < 1.29 is 31.9 Å². The van der Waals surface area contributed by atoms with Gasteiger partial charge in [0.05, 0.1) is 30.8 Å². The SMILES string of the molecule is COc1cn(-c2cccc(C(F)(F)F)c2)nc1C(=O)NCc1ccc(NC(=O)c2ccco2)cc1. The number of aromatic nitrogens is 2. The summed E-state index contributed by atoms with van der Waals surface area (Å²) < 4.78 is 50.5. The molecule has 0 aliphatic heterocycles. The molecule has 0 aliphatic carbocycles. The second-order valence-electron chi connectivity index (χ2n) is 7.35. The molecule has 2 aromatic heterocycles. The first-order chi connectivity index (χ1) is 16.7. The molecule has 0 radical (unpaired) electrons. The molecule has 4 aromatic rings. The fourth-order valence-electron chi connectivity index (χ4n) is 3.19. The lowest BCUT2D eigenvalue weighted by Crippen LogP contribution is -2.24. The number of hydrogen-bond acceptors (Lipinski definition) is 5. The summed E-state index contributed by atoms with van der Waals surface area (Å²) in [6.45, 7) is 0.144. The topological polar surface area (TPSA) is 98.4 Å². The highest BCUT2D eigenvalue weighted by molar-refractivity contribution is 6.02. The van der Waals surface area contributed by atoms with E-state index >= 15 is 0 Å². The van der Waals surface area contributed by atoms with E-state index in [4.69, 9.17) is 9.15 Å². The van der Waals surface area contributed by atoms with Gasteiger partial charge in [-0.1, -0.05) is 18.2 Å². The Kier molecular flexibility index (Phi) is 6.58. The molecule has 35 heavy (non-hydrogen) atoms. The van der Waals surface area contributed by atoms with Gasteiger partial charge in [-0.2, -0.15) is 18.3 Å². The lowest BCUT2D eigenvalue weighted by atomic mass is 10.2. The van der Waals surface area contributed by atoms with Gasteiger partial charge in [-0.05, 0) is 48.0 Å². The molecule has 0 unspecified atom stereocenters. The van der Waals surface area contributed by atoms with Crippen LogP contribution in [0.3, 0.4) is 0 Å². The number of halogens is 3. The standard InChI is InChI=1S/C24H19F3N4O4/c1-34-20-14-31(18-5-2-4-16(12-18)24(25,26)27)30-21(20)23(33)28-13-15-7-9-17(10-8-15)29-22(32)19-6-3-11-35-19/h2-12,14H,13H2,1H3,(H,28,33)(H,29,32). The Labute approximate surface area is 197 Å². The maximum atomic E-state index is 13.0. The van der Waals surface area contributed by atoms with E-state index in [1.54, 1.807) is 36.4 Å². The minimum absolute atomic E-state index is 0.0766. The normalized spacial score (nSPS) is 11.2. The number of ether oxygens (including phenoxy) is 1. The minimum atomic E-state index is -4.51. The molecular formula is C24H19F3N4O4. The summed E-state index contributed by atoms with van der Waals surface area (Å²) in [6, 6.07) is 14.5. The van der Waals surface area contributed by atoms with E-state index < -0.39 is 17.6 Å². The van der Waals surface area contributed by atoms with Crippen LogP contribution < -0.4 is 15.4 Å². The van der Waals surface area contributed by atoms with E-state index in [1.165, 1.54) is 31.7 Å². The summed E-state index contributed by atoms with van der Waals surface area (Å²) in [6.07, 6.45) is -1.77. The van der Waals surface area contributed by atoms with Gasteiger partial charge >= 0.3 is 6.18 Å². The van der Waals surface area contributed by atoms with Gasteiger partial charge in [-0.3, -0.25) is 9.59 Å². The Hall–Kier alpha value is -4.54. The molecule has 0 aliphatic rings. The molecule has 4 rings (SSSR count). The summed E-state index contributed by atoms with van der Waals surface area (Å²) in [5.74, 6) is -0.668. The van der Waals surface area contributed by atoms with Gasteiger partial charge in [-0.25, -0.2) is 4.68 Å². The first-order valence-corrected chi connectivity index (χ1v) is 10.3. The Balaban J connectivity index is 1.42. The number of benzene rings is 2. The molecule has 2 aromatic carbocycles. The smallest absolute Gasteiger partial charge is 0.416 e. The van der Waals surface area contributed by atoms with Crippen LogP contribution in [0.1, 0.15) is 32.2 Å². The van der Waals surface area contributed by atoms with Crippen LogP contribution >= 0.6 is 0 Å². The van der Waals surface area contributed by atoms with Crippen molar-refractivity contribution in [2.75, 3.05) is 12.4 Å². The summed E-state index contributed by atoms with van der Waals surface area (Å²) in [5.41, 5.74) is 0.504. The fraction of sp³-hybridized carbons (Fsp3) is 0.125. The summed E-state index contributed by atoms with van der Waals surface area (Å²) >= 11 is 0. The molecule has 11 heteroatoms. The van der Waals surface area contributed by atoms with Crippen molar-refractivity contribution in [1.29, 1.82) is 0 Å².